The third-order valence-corrected chi connectivity index (χ3v) is 2.28. The molecule has 1 atom stereocenters. The number of ether oxygens (including phenoxy) is 2. The monoisotopic (exact) mass is 250 g/mol. The van der Waals surface area contributed by atoms with Gasteiger partial charge in [-0.25, -0.2) is 0 Å². The zero-order valence-corrected chi connectivity index (χ0v) is 9.34. The first-order valence-electron chi connectivity index (χ1n) is 4.65. The van der Waals surface area contributed by atoms with Gasteiger partial charge in [-0.05, 0) is 6.07 Å². The minimum Gasteiger partial charge on any atom is -0.493 e. The van der Waals surface area contributed by atoms with Crippen molar-refractivity contribution in [1.82, 2.24) is 0 Å². The lowest BCUT2D eigenvalue weighted by atomic mass is 10.0. The molecule has 1 rings (SSSR count). The molecular weight excluding hydrogens is 237 g/mol. The molecule has 0 unspecified atom stereocenters. The van der Waals surface area contributed by atoms with Gasteiger partial charge in [-0.2, -0.15) is 13.2 Å². The normalized spacial score (nSPS) is 13.3. The van der Waals surface area contributed by atoms with Crippen molar-refractivity contribution in [2.45, 2.75) is 12.2 Å². The fraction of sp³-hybridized carbons (Fsp3) is 0.400. The number of nitrogen functional groups attached to an aromatic ring is 1. The molecule has 0 aliphatic carbocycles. The largest absolute Gasteiger partial charge is 0.493 e. The SMILES string of the molecule is COc1cc(N)c([C@H](N)C(F)(F)F)cc1OC. The van der Waals surface area contributed by atoms with Crippen molar-refractivity contribution in [2.24, 2.45) is 5.73 Å². The van der Waals surface area contributed by atoms with Crippen LogP contribution in [0.4, 0.5) is 18.9 Å². The Labute approximate surface area is 96.3 Å². The van der Waals surface area contributed by atoms with E-state index in [-0.39, 0.29) is 22.7 Å². The van der Waals surface area contributed by atoms with Gasteiger partial charge in [0.05, 0.1) is 14.2 Å². The molecule has 17 heavy (non-hydrogen) atoms. The van der Waals surface area contributed by atoms with Gasteiger partial charge in [0, 0.05) is 17.3 Å². The quantitative estimate of drug-likeness (QED) is 0.803. The highest BCUT2D eigenvalue weighted by molar-refractivity contribution is 5.59. The first-order chi connectivity index (χ1) is 7.81. The van der Waals surface area contributed by atoms with Crippen LogP contribution in [0.5, 0.6) is 11.5 Å². The lowest BCUT2D eigenvalue weighted by Gasteiger charge is -2.19. The number of halogens is 3. The fourth-order valence-corrected chi connectivity index (χ4v) is 1.36. The molecule has 1 aromatic carbocycles. The van der Waals surface area contributed by atoms with Gasteiger partial charge in [0.15, 0.2) is 11.5 Å². The summed E-state index contributed by atoms with van der Waals surface area (Å²) >= 11 is 0. The topological polar surface area (TPSA) is 70.5 Å². The van der Waals surface area contributed by atoms with Gasteiger partial charge in [0.25, 0.3) is 0 Å². The van der Waals surface area contributed by atoms with Crippen molar-refractivity contribution in [3.8, 4) is 11.5 Å². The maximum Gasteiger partial charge on any atom is 0.407 e. The molecule has 7 heteroatoms. The second kappa shape index (κ2) is 4.70. The summed E-state index contributed by atoms with van der Waals surface area (Å²) in [5.41, 5.74) is 10.3. The molecular formula is C10H13F3N2O2. The predicted octanol–water partition coefficient (Wildman–Crippen LogP) is 1.85. The van der Waals surface area contributed by atoms with Crippen LogP contribution in [0.2, 0.25) is 0 Å². The molecule has 0 spiro atoms. The van der Waals surface area contributed by atoms with E-state index in [0.29, 0.717) is 0 Å². The minimum absolute atomic E-state index is 0.0903. The molecule has 96 valence electrons. The molecule has 0 aromatic heterocycles. The summed E-state index contributed by atoms with van der Waals surface area (Å²) < 4.78 is 47.2. The number of hydrogen-bond donors (Lipinski definition) is 2. The van der Waals surface area contributed by atoms with Crippen LogP contribution in [0.1, 0.15) is 11.6 Å². The second-order valence-electron chi connectivity index (χ2n) is 3.36. The molecule has 0 heterocycles. The highest BCUT2D eigenvalue weighted by Gasteiger charge is 2.39. The summed E-state index contributed by atoms with van der Waals surface area (Å²) in [7, 11) is 2.68. The molecule has 0 aliphatic rings. The second-order valence-corrected chi connectivity index (χ2v) is 3.36. The summed E-state index contributed by atoms with van der Waals surface area (Å²) in [5.74, 6) is 0.402. The van der Waals surface area contributed by atoms with Crippen molar-refractivity contribution < 1.29 is 22.6 Å². The van der Waals surface area contributed by atoms with Crippen LogP contribution in [-0.2, 0) is 0 Å². The summed E-state index contributed by atoms with van der Waals surface area (Å²) in [6, 6.07) is 0.230. The van der Waals surface area contributed by atoms with Crippen LogP contribution in [0.15, 0.2) is 12.1 Å². The Balaban J connectivity index is 3.26. The predicted molar refractivity (Wildman–Crippen MR) is 56.9 cm³/mol. The Morgan fingerprint density at radius 3 is 2.00 bits per heavy atom. The highest BCUT2D eigenvalue weighted by atomic mass is 19.4. The van der Waals surface area contributed by atoms with Gasteiger partial charge >= 0.3 is 6.18 Å². The molecule has 0 saturated heterocycles. The average molecular weight is 250 g/mol. The van der Waals surface area contributed by atoms with E-state index in [0.717, 1.165) is 6.07 Å². The maximum absolute atomic E-state index is 12.5. The van der Waals surface area contributed by atoms with E-state index in [9.17, 15) is 13.2 Å². The summed E-state index contributed by atoms with van der Waals surface area (Å²) in [6.45, 7) is 0. The molecule has 0 fully saturated rings. The fourth-order valence-electron chi connectivity index (χ4n) is 1.36. The molecule has 0 saturated carbocycles. The number of alkyl halides is 3. The van der Waals surface area contributed by atoms with Gasteiger partial charge in [-0.1, -0.05) is 0 Å². The Bertz CT molecular complexity index is 407. The van der Waals surface area contributed by atoms with Crippen LogP contribution >= 0.6 is 0 Å². The number of methoxy groups -OCH3 is 2. The van der Waals surface area contributed by atoms with Crippen molar-refractivity contribution in [3.05, 3.63) is 17.7 Å². The third-order valence-electron chi connectivity index (χ3n) is 2.28. The van der Waals surface area contributed by atoms with E-state index in [4.69, 9.17) is 20.9 Å². The van der Waals surface area contributed by atoms with Crippen molar-refractivity contribution in [1.29, 1.82) is 0 Å². The summed E-state index contributed by atoms with van der Waals surface area (Å²) in [6.07, 6.45) is -4.56. The van der Waals surface area contributed by atoms with Gasteiger partial charge in [0.1, 0.15) is 6.04 Å². The Hall–Kier alpha value is -1.63. The Morgan fingerprint density at radius 1 is 1.12 bits per heavy atom. The van der Waals surface area contributed by atoms with Crippen molar-refractivity contribution in [3.63, 3.8) is 0 Å². The van der Waals surface area contributed by atoms with Crippen molar-refractivity contribution in [2.75, 3.05) is 20.0 Å². The van der Waals surface area contributed by atoms with Crippen LogP contribution in [-0.4, -0.2) is 20.4 Å². The molecule has 4 nitrogen and oxygen atoms in total. The molecule has 0 bridgehead atoms. The third kappa shape index (κ3) is 2.73. The first-order valence-corrected chi connectivity index (χ1v) is 4.65. The maximum atomic E-state index is 12.5. The summed E-state index contributed by atoms with van der Waals surface area (Å²) in [4.78, 5) is 0. The molecule has 0 aliphatic heterocycles. The van der Waals surface area contributed by atoms with Crippen LogP contribution in [0.25, 0.3) is 0 Å². The standard InChI is InChI=1S/C10H13F3N2O2/c1-16-7-3-5(9(15)10(11,12)13)6(14)4-8(7)17-2/h3-4,9H,14-15H2,1-2H3/t9-/m0/s1. The lowest BCUT2D eigenvalue weighted by Crippen LogP contribution is -2.29. The molecule has 0 amide bonds. The van der Waals surface area contributed by atoms with E-state index in [1.54, 1.807) is 0 Å². The molecule has 1 aromatic rings. The number of hydrogen-bond acceptors (Lipinski definition) is 4. The Morgan fingerprint density at radius 2 is 1.59 bits per heavy atom. The van der Waals surface area contributed by atoms with E-state index in [1.165, 1.54) is 20.3 Å². The summed E-state index contributed by atoms with van der Waals surface area (Å²) in [5, 5.41) is 0. The van der Waals surface area contributed by atoms with Crippen LogP contribution in [0, 0.1) is 0 Å². The van der Waals surface area contributed by atoms with E-state index < -0.39 is 12.2 Å². The Kier molecular flexibility index (Phi) is 3.72. The average Bonchev–Trinajstić information content (AvgIpc) is 2.26. The number of benzene rings is 1. The molecule has 0 radical (unpaired) electrons. The van der Waals surface area contributed by atoms with Crippen LogP contribution in [0.3, 0.4) is 0 Å². The smallest absolute Gasteiger partial charge is 0.407 e. The van der Waals surface area contributed by atoms with Gasteiger partial charge in [-0.15, -0.1) is 0 Å². The van der Waals surface area contributed by atoms with E-state index in [2.05, 4.69) is 0 Å². The van der Waals surface area contributed by atoms with Crippen LogP contribution < -0.4 is 20.9 Å². The highest BCUT2D eigenvalue weighted by Crippen LogP contribution is 2.39. The number of nitrogens with two attached hydrogens (primary N) is 2. The van der Waals surface area contributed by atoms with E-state index in [1.807, 2.05) is 0 Å². The van der Waals surface area contributed by atoms with Gasteiger partial charge < -0.3 is 20.9 Å². The molecule has 4 N–H and O–H groups in total. The van der Waals surface area contributed by atoms with Gasteiger partial charge in [-0.3, -0.25) is 0 Å². The minimum atomic E-state index is -4.56. The lowest BCUT2D eigenvalue weighted by molar-refractivity contribution is -0.149. The number of anilines is 1. The van der Waals surface area contributed by atoms with E-state index >= 15 is 0 Å². The zero-order valence-electron chi connectivity index (χ0n) is 9.34. The van der Waals surface area contributed by atoms with Crippen molar-refractivity contribution >= 4 is 5.69 Å². The zero-order chi connectivity index (χ0) is 13.2. The number of rotatable bonds is 3. The first kappa shape index (κ1) is 13.4. The van der Waals surface area contributed by atoms with Gasteiger partial charge in [0.2, 0.25) is 0 Å².